The zero-order valence-electron chi connectivity index (χ0n) is 12.0. The van der Waals surface area contributed by atoms with Crippen molar-refractivity contribution in [2.75, 3.05) is 13.2 Å². The molecule has 2 aromatic rings. The summed E-state index contributed by atoms with van der Waals surface area (Å²) in [6.07, 6.45) is 0. The van der Waals surface area contributed by atoms with Crippen LogP contribution in [0.2, 0.25) is 0 Å². The lowest BCUT2D eigenvalue weighted by atomic mass is 10.2. The topological polar surface area (TPSA) is 74.6 Å². The first-order valence-corrected chi connectivity index (χ1v) is 8.24. The molecule has 0 atom stereocenters. The predicted octanol–water partition coefficient (Wildman–Crippen LogP) is 2.49. The molecule has 2 rings (SSSR count). The fraction of sp³-hybridized carbons (Fsp3) is 0.357. The van der Waals surface area contributed by atoms with Gasteiger partial charge >= 0.3 is 16.8 Å². The molecule has 0 amide bonds. The summed E-state index contributed by atoms with van der Waals surface area (Å²) >= 11 is 4.28. The van der Waals surface area contributed by atoms with Crippen LogP contribution in [0, 0.1) is 0 Å². The van der Waals surface area contributed by atoms with E-state index >= 15 is 0 Å². The van der Waals surface area contributed by atoms with E-state index in [-0.39, 0.29) is 13.2 Å². The molecule has 1 aromatic heterocycles. The van der Waals surface area contributed by atoms with Gasteiger partial charge in [0.15, 0.2) is 0 Å². The van der Waals surface area contributed by atoms with Gasteiger partial charge in [-0.15, -0.1) is 0 Å². The Bertz CT molecular complexity index is 748. The van der Waals surface area contributed by atoms with Crippen LogP contribution >= 0.6 is 27.3 Å². The van der Waals surface area contributed by atoms with Crippen molar-refractivity contribution >= 4 is 49.4 Å². The van der Waals surface area contributed by atoms with Gasteiger partial charge in [-0.05, 0) is 32.0 Å². The highest BCUT2D eigenvalue weighted by Crippen LogP contribution is 2.25. The fourth-order valence-electron chi connectivity index (χ4n) is 2.00. The third-order valence-electron chi connectivity index (χ3n) is 2.85. The van der Waals surface area contributed by atoms with Crippen molar-refractivity contribution in [3.63, 3.8) is 0 Å². The number of rotatable bonds is 5. The van der Waals surface area contributed by atoms with Gasteiger partial charge in [-0.1, -0.05) is 27.3 Å². The zero-order chi connectivity index (χ0) is 16.3. The lowest BCUT2D eigenvalue weighted by Gasteiger charge is -2.15. The minimum absolute atomic E-state index is 0.108. The Hall–Kier alpha value is -1.67. The second-order valence-corrected chi connectivity index (χ2v) is 6.17. The molecule has 6 nitrogen and oxygen atoms in total. The number of carbonyl (C=O) groups excluding carboxylic acids is 2. The van der Waals surface area contributed by atoms with Crippen molar-refractivity contribution in [1.29, 1.82) is 0 Å². The maximum atomic E-state index is 12.3. The molecule has 0 aliphatic heterocycles. The number of thiazole rings is 1. The summed E-state index contributed by atoms with van der Waals surface area (Å²) in [5, 5.41) is 0. The molecule has 0 saturated carbocycles. The minimum Gasteiger partial charge on any atom is -0.464 e. The van der Waals surface area contributed by atoms with Gasteiger partial charge in [0, 0.05) is 4.47 Å². The molecule has 0 unspecified atom stereocenters. The van der Waals surface area contributed by atoms with Crippen LogP contribution in [0.4, 0.5) is 0 Å². The number of hydrogen-bond acceptors (Lipinski definition) is 6. The molecule has 0 radical (unpaired) electrons. The summed E-state index contributed by atoms with van der Waals surface area (Å²) in [7, 11) is 0. The van der Waals surface area contributed by atoms with Gasteiger partial charge in [-0.25, -0.2) is 9.59 Å². The van der Waals surface area contributed by atoms with Crippen molar-refractivity contribution in [2.24, 2.45) is 0 Å². The quantitative estimate of drug-likeness (QED) is 0.581. The summed E-state index contributed by atoms with van der Waals surface area (Å²) in [4.78, 5) is 36.1. The van der Waals surface area contributed by atoms with E-state index in [0.717, 1.165) is 20.4 Å². The highest BCUT2D eigenvalue weighted by atomic mass is 79.9. The van der Waals surface area contributed by atoms with Gasteiger partial charge in [0.05, 0.1) is 23.4 Å². The van der Waals surface area contributed by atoms with E-state index < -0.39 is 22.9 Å². The number of fused-ring (bicyclic) bond motifs is 1. The maximum absolute atomic E-state index is 12.3. The Morgan fingerprint density at radius 1 is 1.23 bits per heavy atom. The molecule has 0 spiro atoms. The van der Waals surface area contributed by atoms with Gasteiger partial charge in [-0.2, -0.15) is 0 Å². The third-order valence-corrected chi connectivity index (χ3v) is 4.26. The molecular weight excluding hydrogens is 374 g/mol. The number of esters is 2. The normalized spacial score (nSPS) is 10.9. The molecule has 0 saturated heterocycles. The standard InChI is InChI=1S/C14H14BrNO5S/c1-3-20-12(17)11(13(18)21-4-2)16-9-6-5-8(15)7-10(9)22-14(16)19/h5-7,11H,3-4H2,1-2H3. The molecule has 0 fully saturated rings. The third kappa shape index (κ3) is 3.22. The summed E-state index contributed by atoms with van der Waals surface area (Å²) in [6, 6.07) is 3.73. The van der Waals surface area contributed by atoms with Crippen molar-refractivity contribution in [2.45, 2.75) is 19.9 Å². The van der Waals surface area contributed by atoms with Crippen LogP contribution in [0.3, 0.4) is 0 Å². The van der Waals surface area contributed by atoms with Crippen LogP contribution in [-0.2, 0) is 19.1 Å². The number of ether oxygens (including phenoxy) is 2. The van der Waals surface area contributed by atoms with E-state index in [1.807, 2.05) is 0 Å². The van der Waals surface area contributed by atoms with Crippen LogP contribution in [0.25, 0.3) is 10.2 Å². The molecule has 0 bridgehead atoms. The van der Waals surface area contributed by atoms with E-state index in [9.17, 15) is 14.4 Å². The largest absolute Gasteiger partial charge is 0.464 e. The van der Waals surface area contributed by atoms with Crippen LogP contribution in [0.5, 0.6) is 0 Å². The van der Waals surface area contributed by atoms with Gasteiger partial charge in [0.2, 0.25) is 6.04 Å². The number of carbonyl (C=O) groups is 2. The van der Waals surface area contributed by atoms with Gasteiger partial charge in [0.1, 0.15) is 0 Å². The smallest absolute Gasteiger partial charge is 0.341 e. The lowest BCUT2D eigenvalue weighted by molar-refractivity contribution is -0.160. The average Bonchev–Trinajstić information content (AvgIpc) is 2.75. The zero-order valence-corrected chi connectivity index (χ0v) is 14.4. The van der Waals surface area contributed by atoms with Crippen LogP contribution in [-0.4, -0.2) is 29.7 Å². The Labute approximate surface area is 138 Å². The highest BCUT2D eigenvalue weighted by molar-refractivity contribution is 9.10. The van der Waals surface area contributed by atoms with E-state index in [2.05, 4.69) is 15.9 Å². The predicted molar refractivity (Wildman–Crippen MR) is 86.1 cm³/mol. The molecule has 0 aliphatic carbocycles. The molecule has 8 heteroatoms. The fourth-order valence-corrected chi connectivity index (χ4v) is 3.46. The number of nitrogens with zero attached hydrogens (tertiary/aromatic N) is 1. The van der Waals surface area contributed by atoms with Gasteiger partial charge in [0.25, 0.3) is 0 Å². The minimum atomic E-state index is -1.43. The van der Waals surface area contributed by atoms with Crippen molar-refractivity contribution in [3.05, 3.63) is 32.3 Å². The Balaban J connectivity index is 2.60. The molecule has 118 valence electrons. The Kier molecular flexibility index (Phi) is 5.36. The highest BCUT2D eigenvalue weighted by Gasteiger charge is 2.34. The maximum Gasteiger partial charge on any atom is 0.341 e. The van der Waals surface area contributed by atoms with Gasteiger partial charge in [-0.3, -0.25) is 9.36 Å². The summed E-state index contributed by atoms with van der Waals surface area (Å²) in [5.41, 5.74) is 0.490. The lowest BCUT2D eigenvalue weighted by Crippen LogP contribution is -2.35. The first kappa shape index (κ1) is 16.7. The summed E-state index contributed by atoms with van der Waals surface area (Å²) in [6.45, 7) is 3.48. The van der Waals surface area contributed by atoms with Crippen molar-refractivity contribution < 1.29 is 19.1 Å². The first-order chi connectivity index (χ1) is 10.5. The van der Waals surface area contributed by atoms with Crippen molar-refractivity contribution in [1.82, 2.24) is 4.57 Å². The number of aromatic nitrogens is 1. The second kappa shape index (κ2) is 7.06. The van der Waals surface area contributed by atoms with E-state index in [1.54, 1.807) is 32.0 Å². The van der Waals surface area contributed by atoms with E-state index in [0.29, 0.717) is 10.2 Å². The number of hydrogen-bond donors (Lipinski definition) is 0. The molecule has 0 N–H and O–H groups in total. The van der Waals surface area contributed by atoms with Crippen molar-refractivity contribution in [3.8, 4) is 0 Å². The molecule has 1 aromatic carbocycles. The SMILES string of the molecule is CCOC(=O)C(C(=O)OCC)n1c(=O)sc2cc(Br)ccc21. The average molecular weight is 388 g/mol. The van der Waals surface area contributed by atoms with E-state index in [1.165, 1.54) is 0 Å². The van der Waals surface area contributed by atoms with Gasteiger partial charge < -0.3 is 9.47 Å². The molecular formula is C14H14BrNO5S. The molecule has 22 heavy (non-hydrogen) atoms. The van der Waals surface area contributed by atoms with Crippen LogP contribution in [0.15, 0.2) is 27.5 Å². The summed E-state index contributed by atoms with van der Waals surface area (Å²) in [5.74, 6) is -1.60. The molecule has 0 aliphatic rings. The Morgan fingerprint density at radius 2 is 1.82 bits per heavy atom. The monoisotopic (exact) mass is 387 g/mol. The van der Waals surface area contributed by atoms with Crippen LogP contribution in [0.1, 0.15) is 19.9 Å². The molecule has 1 heterocycles. The summed E-state index contributed by atoms with van der Waals surface area (Å²) < 4.78 is 12.4. The number of halogens is 1. The Morgan fingerprint density at radius 3 is 2.36 bits per heavy atom. The number of benzene rings is 1. The van der Waals surface area contributed by atoms with E-state index in [4.69, 9.17) is 9.47 Å². The van der Waals surface area contributed by atoms with Crippen LogP contribution < -0.4 is 4.87 Å². The first-order valence-electron chi connectivity index (χ1n) is 6.63. The second-order valence-electron chi connectivity index (χ2n) is 4.26.